The van der Waals surface area contributed by atoms with Gasteiger partial charge in [-0.3, -0.25) is 4.79 Å². The standard InChI is InChI=1S/C18H21NO2/c1-18(2,17(20)21)15-7-5-6-14(12-15)13-8-10-16(11-9-13)19(3)4/h5-12H,1-4H3,(H,20,21). The van der Waals surface area contributed by atoms with Gasteiger partial charge in [-0.2, -0.15) is 0 Å². The van der Waals surface area contributed by atoms with Crippen LogP contribution in [0.1, 0.15) is 19.4 Å². The molecule has 2 aromatic rings. The van der Waals surface area contributed by atoms with Crippen molar-refractivity contribution in [2.45, 2.75) is 19.3 Å². The molecule has 0 aliphatic carbocycles. The lowest BCUT2D eigenvalue weighted by atomic mass is 9.83. The normalized spacial score (nSPS) is 11.2. The second-order valence-corrected chi connectivity index (χ2v) is 5.95. The molecular weight excluding hydrogens is 262 g/mol. The van der Waals surface area contributed by atoms with E-state index in [2.05, 4.69) is 24.3 Å². The van der Waals surface area contributed by atoms with Gasteiger partial charge in [0.1, 0.15) is 0 Å². The van der Waals surface area contributed by atoms with E-state index in [9.17, 15) is 9.90 Å². The van der Waals surface area contributed by atoms with Crippen molar-refractivity contribution in [2.24, 2.45) is 0 Å². The lowest BCUT2D eigenvalue weighted by Gasteiger charge is -2.20. The number of anilines is 1. The first kappa shape index (κ1) is 15.1. The summed E-state index contributed by atoms with van der Waals surface area (Å²) in [7, 11) is 4.01. The largest absolute Gasteiger partial charge is 0.481 e. The van der Waals surface area contributed by atoms with Crippen molar-refractivity contribution >= 4 is 11.7 Å². The molecule has 0 fully saturated rings. The molecule has 0 saturated heterocycles. The second-order valence-electron chi connectivity index (χ2n) is 5.95. The third-order valence-corrected chi connectivity index (χ3v) is 3.84. The second kappa shape index (κ2) is 5.60. The van der Waals surface area contributed by atoms with Crippen LogP contribution < -0.4 is 4.90 Å². The van der Waals surface area contributed by atoms with Gasteiger partial charge in [-0.05, 0) is 42.7 Å². The number of carboxylic acids is 1. The Labute approximate surface area is 125 Å². The van der Waals surface area contributed by atoms with Gasteiger partial charge in [-0.1, -0.05) is 36.4 Å². The van der Waals surface area contributed by atoms with Gasteiger partial charge in [-0.25, -0.2) is 0 Å². The monoisotopic (exact) mass is 283 g/mol. The highest BCUT2D eigenvalue weighted by molar-refractivity contribution is 5.81. The fourth-order valence-corrected chi connectivity index (χ4v) is 2.16. The van der Waals surface area contributed by atoms with Crippen molar-refractivity contribution in [2.75, 3.05) is 19.0 Å². The molecule has 110 valence electrons. The number of aliphatic carboxylic acids is 1. The molecule has 0 heterocycles. The molecule has 21 heavy (non-hydrogen) atoms. The SMILES string of the molecule is CN(C)c1ccc(-c2cccc(C(C)(C)C(=O)O)c2)cc1. The lowest BCUT2D eigenvalue weighted by molar-refractivity contribution is -0.142. The van der Waals surface area contributed by atoms with E-state index in [1.807, 2.05) is 43.3 Å². The quantitative estimate of drug-likeness (QED) is 0.928. The third-order valence-electron chi connectivity index (χ3n) is 3.84. The minimum atomic E-state index is -0.889. The third kappa shape index (κ3) is 3.07. The van der Waals surface area contributed by atoms with Crippen LogP contribution in [-0.4, -0.2) is 25.2 Å². The number of carbonyl (C=O) groups is 1. The Morgan fingerprint density at radius 3 is 2.14 bits per heavy atom. The van der Waals surface area contributed by atoms with Crippen molar-refractivity contribution in [1.82, 2.24) is 0 Å². The van der Waals surface area contributed by atoms with Crippen molar-refractivity contribution in [3.63, 3.8) is 0 Å². The Balaban J connectivity index is 2.40. The highest BCUT2D eigenvalue weighted by Gasteiger charge is 2.29. The van der Waals surface area contributed by atoms with Gasteiger partial charge in [-0.15, -0.1) is 0 Å². The van der Waals surface area contributed by atoms with Gasteiger partial charge in [0.15, 0.2) is 0 Å². The predicted octanol–water partition coefficient (Wildman–Crippen LogP) is 3.78. The molecule has 0 atom stereocenters. The van der Waals surface area contributed by atoms with E-state index in [0.29, 0.717) is 0 Å². The molecule has 0 radical (unpaired) electrons. The van der Waals surface area contributed by atoms with Crippen LogP contribution in [0.3, 0.4) is 0 Å². The van der Waals surface area contributed by atoms with E-state index in [-0.39, 0.29) is 0 Å². The van der Waals surface area contributed by atoms with E-state index < -0.39 is 11.4 Å². The Kier molecular flexibility index (Phi) is 4.03. The Morgan fingerprint density at radius 1 is 1.00 bits per heavy atom. The fourth-order valence-electron chi connectivity index (χ4n) is 2.16. The van der Waals surface area contributed by atoms with Crippen LogP contribution in [0.25, 0.3) is 11.1 Å². The summed E-state index contributed by atoms with van der Waals surface area (Å²) in [6.07, 6.45) is 0. The highest BCUT2D eigenvalue weighted by Crippen LogP contribution is 2.29. The summed E-state index contributed by atoms with van der Waals surface area (Å²) in [6.45, 7) is 3.45. The van der Waals surface area contributed by atoms with Crippen LogP contribution in [0, 0.1) is 0 Å². The molecule has 0 unspecified atom stereocenters. The van der Waals surface area contributed by atoms with Crippen LogP contribution in [0.4, 0.5) is 5.69 Å². The van der Waals surface area contributed by atoms with Gasteiger partial charge in [0.25, 0.3) is 0 Å². The summed E-state index contributed by atoms with van der Waals surface area (Å²) in [5, 5.41) is 9.35. The first-order valence-corrected chi connectivity index (χ1v) is 6.94. The van der Waals surface area contributed by atoms with Crippen LogP contribution in [-0.2, 0) is 10.2 Å². The molecular formula is C18H21NO2. The first-order chi connectivity index (χ1) is 9.82. The summed E-state index contributed by atoms with van der Waals surface area (Å²) in [6, 6.07) is 16.0. The Hall–Kier alpha value is -2.29. The summed E-state index contributed by atoms with van der Waals surface area (Å²) in [4.78, 5) is 13.4. The van der Waals surface area contributed by atoms with Crippen molar-refractivity contribution in [1.29, 1.82) is 0 Å². The van der Waals surface area contributed by atoms with Gasteiger partial charge in [0.05, 0.1) is 5.41 Å². The minimum absolute atomic E-state index is 0.809. The lowest BCUT2D eigenvalue weighted by Crippen LogP contribution is -2.28. The zero-order chi connectivity index (χ0) is 15.6. The summed E-state index contributed by atoms with van der Waals surface area (Å²) >= 11 is 0. The van der Waals surface area contributed by atoms with Gasteiger partial charge >= 0.3 is 5.97 Å². The molecule has 0 aliphatic rings. The van der Waals surface area contributed by atoms with Gasteiger partial charge in [0, 0.05) is 19.8 Å². The highest BCUT2D eigenvalue weighted by atomic mass is 16.4. The molecule has 0 bridgehead atoms. The van der Waals surface area contributed by atoms with Gasteiger partial charge in [0.2, 0.25) is 0 Å². The van der Waals surface area contributed by atoms with E-state index in [1.165, 1.54) is 0 Å². The maximum absolute atomic E-state index is 11.4. The van der Waals surface area contributed by atoms with E-state index in [4.69, 9.17) is 0 Å². The maximum Gasteiger partial charge on any atom is 0.313 e. The predicted molar refractivity (Wildman–Crippen MR) is 86.9 cm³/mol. The van der Waals surface area contributed by atoms with Gasteiger partial charge < -0.3 is 10.0 Å². The smallest absolute Gasteiger partial charge is 0.313 e. The molecule has 2 aromatic carbocycles. The molecule has 0 saturated carbocycles. The molecule has 3 heteroatoms. The number of carboxylic acid groups (broad SMARTS) is 1. The summed E-state index contributed by atoms with van der Waals surface area (Å²) in [5.41, 5.74) is 3.18. The average molecular weight is 283 g/mol. The number of benzene rings is 2. The van der Waals surface area contributed by atoms with Crippen LogP contribution in [0.15, 0.2) is 48.5 Å². The zero-order valence-corrected chi connectivity index (χ0v) is 12.9. The number of hydrogen-bond donors (Lipinski definition) is 1. The Bertz CT molecular complexity index is 643. The summed E-state index contributed by atoms with van der Waals surface area (Å²) in [5.74, 6) is -0.817. The molecule has 0 spiro atoms. The number of hydrogen-bond acceptors (Lipinski definition) is 2. The molecule has 0 amide bonds. The van der Waals surface area contributed by atoms with E-state index in [1.54, 1.807) is 13.8 Å². The van der Waals surface area contributed by atoms with E-state index >= 15 is 0 Å². The summed E-state index contributed by atoms with van der Waals surface area (Å²) < 4.78 is 0. The number of nitrogens with zero attached hydrogens (tertiary/aromatic N) is 1. The number of rotatable bonds is 4. The first-order valence-electron chi connectivity index (χ1n) is 6.94. The fraction of sp³-hybridized carbons (Fsp3) is 0.278. The van der Waals surface area contributed by atoms with Crippen molar-refractivity contribution in [3.05, 3.63) is 54.1 Å². The molecule has 0 aliphatic heterocycles. The van der Waals surface area contributed by atoms with E-state index in [0.717, 1.165) is 22.4 Å². The molecule has 2 rings (SSSR count). The van der Waals surface area contributed by atoms with Crippen molar-refractivity contribution < 1.29 is 9.90 Å². The Morgan fingerprint density at radius 2 is 1.62 bits per heavy atom. The topological polar surface area (TPSA) is 40.5 Å². The van der Waals surface area contributed by atoms with Crippen LogP contribution in [0.5, 0.6) is 0 Å². The van der Waals surface area contributed by atoms with Crippen LogP contribution in [0.2, 0.25) is 0 Å². The molecule has 3 nitrogen and oxygen atoms in total. The average Bonchev–Trinajstić information content (AvgIpc) is 2.47. The maximum atomic E-state index is 11.4. The molecule has 1 N–H and O–H groups in total. The zero-order valence-electron chi connectivity index (χ0n) is 12.9. The molecule has 0 aromatic heterocycles. The van der Waals surface area contributed by atoms with Crippen LogP contribution >= 0.6 is 0 Å². The minimum Gasteiger partial charge on any atom is -0.481 e. The van der Waals surface area contributed by atoms with Crippen molar-refractivity contribution in [3.8, 4) is 11.1 Å².